The molecule has 1 aliphatic heterocycles. The van der Waals surface area contributed by atoms with E-state index in [2.05, 4.69) is 10.0 Å². The Morgan fingerprint density at radius 3 is 2.41 bits per heavy atom. The predicted molar refractivity (Wildman–Crippen MR) is 125 cm³/mol. The molecule has 2 aromatic rings. The lowest BCUT2D eigenvalue weighted by Gasteiger charge is -2.33. The fourth-order valence-corrected chi connectivity index (χ4v) is 5.32. The van der Waals surface area contributed by atoms with Crippen LogP contribution in [0.15, 0.2) is 53.4 Å². The zero-order chi connectivity index (χ0) is 23.3. The van der Waals surface area contributed by atoms with Gasteiger partial charge in [0.1, 0.15) is 10.8 Å². The molecule has 0 unspecified atom stereocenters. The third-order valence-electron chi connectivity index (χ3n) is 5.52. The molecule has 1 fully saturated rings. The van der Waals surface area contributed by atoms with Gasteiger partial charge in [0.2, 0.25) is 21.8 Å². The summed E-state index contributed by atoms with van der Waals surface area (Å²) in [4.78, 5) is 25.2. The highest BCUT2D eigenvalue weighted by molar-refractivity contribution is 7.89. The second-order valence-corrected chi connectivity index (χ2v) is 9.73. The highest BCUT2D eigenvalue weighted by Crippen LogP contribution is 2.32. The molecule has 1 aliphatic rings. The van der Waals surface area contributed by atoms with Crippen LogP contribution >= 0.6 is 11.6 Å². The largest absolute Gasteiger partial charge is 0.370 e. The van der Waals surface area contributed by atoms with Gasteiger partial charge in [-0.15, -0.1) is 11.6 Å². The highest BCUT2D eigenvalue weighted by Gasteiger charge is 2.29. The Labute approximate surface area is 193 Å². The number of halogens is 1. The number of piperidine rings is 1. The second-order valence-electron chi connectivity index (χ2n) is 7.78. The number of nitrogens with zero attached hydrogens (tertiary/aromatic N) is 1. The average Bonchev–Trinajstić information content (AvgIpc) is 2.79. The number of rotatable bonds is 8. The molecular weight excluding hydrogens is 452 g/mol. The van der Waals surface area contributed by atoms with Crippen LogP contribution in [0, 0.1) is 5.92 Å². The van der Waals surface area contributed by atoms with Crippen LogP contribution in [0.2, 0.25) is 0 Å². The maximum atomic E-state index is 13.4. The number of carbonyl (C=O) groups excluding carboxylic acids is 2. The maximum absolute atomic E-state index is 13.4. The average molecular weight is 479 g/mol. The number of anilines is 2. The fourth-order valence-electron chi connectivity index (χ4n) is 3.77. The molecule has 0 aromatic heterocycles. The first-order valence-corrected chi connectivity index (χ1v) is 12.3. The summed E-state index contributed by atoms with van der Waals surface area (Å²) in [5.41, 5.74) is 7.09. The van der Waals surface area contributed by atoms with Crippen molar-refractivity contribution >= 4 is 44.8 Å². The molecule has 0 saturated carbocycles. The lowest BCUT2D eigenvalue weighted by atomic mass is 9.96. The van der Waals surface area contributed by atoms with Crippen molar-refractivity contribution in [3.05, 3.63) is 54.1 Å². The Bertz CT molecular complexity index is 1070. The first kappa shape index (κ1) is 24.0. The van der Waals surface area contributed by atoms with Gasteiger partial charge in [-0.3, -0.25) is 9.59 Å². The smallest absolute Gasteiger partial charge is 0.243 e. The van der Waals surface area contributed by atoms with E-state index in [0.717, 1.165) is 5.56 Å². The summed E-state index contributed by atoms with van der Waals surface area (Å²) in [7, 11) is -3.95. The van der Waals surface area contributed by atoms with E-state index < -0.39 is 22.0 Å². The molecule has 0 spiro atoms. The van der Waals surface area contributed by atoms with E-state index in [-0.39, 0.29) is 22.6 Å². The molecule has 32 heavy (non-hydrogen) atoms. The van der Waals surface area contributed by atoms with E-state index in [4.69, 9.17) is 17.3 Å². The molecule has 4 N–H and O–H groups in total. The summed E-state index contributed by atoms with van der Waals surface area (Å²) in [5.74, 6) is -1.23. The van der Waals surface area contributed by atoms with Crippen molar-refractivity contribution in [3.8, 4) is 0 Å². The van der Waals surface area contributed by atoms with Crippen molar-refractivity contribution in [1.29, 1.82) is 0 Å². The van der Waals surface area contributed by atoms with Crippen LogP contribution in [0.5, 0.6) is 0 Å². The number of nitrogens with two attached hydrogens (primary N) is 1. The lowest BCUT2D eigenvalue weighted by molar-refractivity contribution is -0.122. The number of primary amides is 1. The third-order valence-corrected chi connectivity index (χ3v) is 7.34. The van der Waals surface area contributed by atoms with Gasteiger partial charge in [0, 0.05) is 30.7 Å². The first-order valence-electron chi connectivity index (χ1n) is 10.3. The number of carbonyl (C=O) groups is 2. The third kappa shape index (κ3) is 5.79. The van der Waals surface area contributed by atoms with Crippen LogP contribution in [-0.4, -0.2) is 39.2 Å². The van der Waals surface area contributed by atoms with Crippen LogP contribution < -0.4 is 20.7 Å². The minimum Gasteiger partial charge on any atom is -0.370 e. The van der Waals surface area contributed by atoms with Gasteiger partial charge in [-0.25, -0.2) is 13.1 Å². The van der Waals surface area contributed by atoms with E-state index in [1.165, 1.54) is 6.07 Å². The molecule has 0 radical (unpaired) electrons. The number of alkyl halides is 1. The SMILES string of the molecule is C[C@H](NS(=O)(=O)c1cc(NC(=O)CCl)ccc1N1CCC(C(N)=O)CC1)c1ccccc1. The van der Waals surface area contributed by atoms with Gasteiger partial charge in [-0.1, -0.05) is 30.3 Å². The Balaban J connectivity index is 1.93. The Morgan fingerprint density at radius 1 is 1.16 bits per heavy atom. The number of nitrogens with one attached hydrogen (secondary N) is 2. The molecule has 172 valence electrons. The molecule has 1 saturated heterocycles. The maximum Gasteiger partial charge on any atom is 0.243 e. The summed E-state index contributed by atoms with van der Waals surface area (Å²) in [6, 6.07) is 13.5. The van der Waals surface area contributed by atoms with Gasteiger partial charge in [0.15, 0.2) is 0 Å². The van der Waals surface area contributed by atoms with Gasteiger partial charge >= 0.3 is 0 Å². The summed E-state index contributed by atoms with van der Waals surface area (Å²) in [6.45, 7) is 2.76. The molecule has 0 bridgehead atoms. The first-order chi connectivity index (χ1) is 15.2. The van der Waals surface area contributed by atoms with E-state index in [1.54, 1.807) is 19.1 Å². The number of benzene rings is 2. The minimum absolute atomic E-state index is 0.0465. The van der Waals surface area contributed by atoms with Gasteiger partial charge in [0.05, 0.1) is 5.69 Å². The topological polar surface area (TPSA) is 122 Å². The second kappa shape index (κ2) is 10.3. The van der Waals surface area contributed by atoms with Gasteiger partial charge in [0.25, 0.3) is 0 Å². The van der Waals surface area contributed by atoms with Crippen molar-refractivity contribution in [2.45, 2.75) is 30.7 Å². The van der Waals surface area contributed by atoms with E-state index in [0.29, 0.717) is 37.3 Å². The molecule has 1 atom stereocenters. The van der Waals surface area contributed by atoms with Crippen molar-refractivity contribution in [3.63, 3.8) is 0 Å². The molecule has 2 amide bonds. The quantitative estimate of drug-likeness (QED) is 0.503. The van der Waals surface area contributed by atoms with Crippen molar-refractivity contribution in [2.75, 3.05) is 29.2 Å². The molecule has 1 heterocycles. The molecular formula is C22H27ClN4O4S. The summed E-state index contributed by atoms with van der Waals surface area (Å²) < 4.78 is 29.5. The summed E-state index contributed by atoms with van der Waals surface area (Å²) in [5, 5.41) is 2.60. The van der Waals surface area contributed by atoms with Crippen molar-refractivity contribution < 1.29 is 18.0 Å². The molecule has 10 heteroatoms. The Kier molecular flexibility index (Phi) is 7.76. The lowest BCUT2D eigenvalue weighted by Crippen LogP contribution is -2.39. The van der Waals surface area contributed by atoms with E-state index in [1.807, 2.05) is 35.2 Å². The van der Waals surface area contributed by atoms with Crippen LogP contribution in [0.4, 0.5) is 11.4 Å². The van der Waals surface area contributed by atoms with Crippen LogP contribution in [0.25, 0.3) is 0 Å². The molecule has 3 rings (SSSR count). The minimum atomic E-state index is -3.95. The predicted octanol–water partition coefficient (Wildman–Crippen LogP) is 2.61. The fraction of sp³-hybridized carbons (Fsp3) is 0.364. The van der Waals surface area contributed by atoms with Crippen LogP contribution in [0.1, 0.15) is 31.4 Å². The number of amides is 2. The monoisotopic (exact) mass is 478 g/mol. The van der Waals surface area contributed by atoms with Crippen LogP contribution in [0.3, 0.4) is 0 Å². The summed E-state index contributed by atoms with van der Waals surface area (Å²) in [6.07, 6.45) is 1.10. The van der Waals surface area contributed by atoms with E-state index in [9.17, 15) is 18.0 Å². The Morgan fingerprint density at radius 2 is 1.81 bits per heavy atom. The highest BCUT2D eigenvalue weighted by atomic mass is 35.5. The Hall–Kier alpha value is -2.62. The van der Waals surface area contributed by atoms with Crippen molar-refractivity contribution in [2.24, 2.45) is 11.7 Å². The van der Waals surface area contributed by atoms with Gasteiger partial charge < -0.3 is 16.0 Å². The summed E-state index contributed by atoms with van der Waals surface area (Å²) >= 11 is 5.57. The molecule has 8 nitrogen and oxygen atoms in total. The molecule has 0 aliphatic carbocycles. The zero-order valence-electron chi connectivity index (χ0n) is 17.8. The zero-order valence-corrected chi connectivity index (χ0v) is 19.3. The molecule has 2 aromatic carbocycles. The van der Waals surface area contributed by atoms with E-state index >= 15 is 0 Å². The normalized spacial score (nSPS) is 15.9. The standard InChI is InChI=1S/C22H27ClN4O4S/c1-15(16-5-3-2-4-6-16)26-32(30,31)20-13-18(25-21(28)14-23)7-8-19(20)27-11-9-17(10-12-27)22(24)29/h2-8,13,15,17,26H,9-12,14H2,1H3,(H2,24,29)(H,25,28)/t15-/m0/s1. The van der Waals surface area contributed by atoms with Gasteiger partial charge in [-0.2, -0.15) is 0 Å². The van der Waals surface area contributed by atoms with Crippen LogP contribution in [-0.2, 0) is 19.6 Å². The number of sulfonamides is 1. The number of hydrogen-bond donors (Lipinski definition) is 3. The van der Waals surface area contributed by atoms with Crippen molar-refractivity contribution in [1.82, 2.24) is 4.72 Å². The number of hydrogen-bond acceptors (Lipinski definition) is 5. The van der Waals surface area contributed by atoms with Gasteiger partial charge in [-0.05, 0) is 43.5 Å².